The van der Waals surface area contributed by atoms with Crippen LogP contribution in [-0.4, -0.2) is 33.6 Å². The zero-order valence-corrected chi connectivity index (χ0v) is 11.0. The van der Waals surface area contributed by atoms with Crippen LogP contribution in [0.2, 0.25) is 0 Å². The standard InChI is InChI=1S/C14H13N3O4/c1-2-9-21-14(20)15-10-3-5-11(6-4-10)17-8-7-12(16-17)13(18)19/h2-8H,1,9H2,(H,15,20)(H,18,19). The first-order valence-electron chi connectivity index (χ1n) is 6.04. The minimum Gasteiger partial charge on any atom is -0.476 e. The number of amides is 1. The number of hydrogen-bond acceptors (Lipinski definition) is 4. The molecule has 0 bridgehead atoms. The fraction of sp³-hybridized carbons (Fsp3) is 0.0714. The third-order valence-electron chi connectivity index (χ3n) is 2.52. The summed E-state index contributed by atoms with van der Waals surface area (Å²) in [6.07, 6.45) is 2.44. The van der Waals surface area contributed by atoms with E-state index in [1.54, 1.807) is 30.5 Å². The van der Waals surface area contributed by atoms with E-state index < -0.39 is 12.1 Å². The van der Waals surface area contributed by atoms with Gasteiger partial charge in [0.15, 0.2) is 5.69 Å². The van der Waals surface area contributed by atoms with Crippen LogP contribution in [-0.2, 0) is 4.74 Å². The van der Waals surface area contributed by atoms with Crippen molar-refractivity contribution in [2.75, 3.05) is 11.9 Å². The van der Waals surface area contributed by atoms with Crippen LogP contribution >= 0.6 is 0 Å². The Kier molecular flexibility index (Phi) is 4.35. The van der Waals surface area contributed by atoms with Crippen molar-refractivity contribution >= 4 is 17.7 Å². The van der Waals surface area contributed by atoms with E-state index in [-0.39, 0.29) is 12.3 Å². The molecule has 2 N–H and O–H groups in total. The van der Waals surface area contributed by atoms with Crippen LogP contribution in [0.3, 0.4) is 0 Å². The number of aromatic carboxylic acids is 1. The maximum Gasteiger partial charge on any atom is 0.411 e. The van der Waals surface area contributed by atoms with Crippen LogP contribution < -0.4 is 5.32 Å². The Morgan fingerprint density at radius 1 is 1.33 bits per heavy atom. The summed E-state index contributed by atoms with van der Waals surface area (Å²) in [5, 5.41) is 15.3. The lowest BCUT2D eigenvalue weighted by molar-refractivity contribution is 0.0690. The van der Waals surface area contributed by atoms with Crippen molar-refractivity contribution in [1.82, 2.24) is 9.78 Å². The summed E-state index contributed by atoms with van der Waals surface area (Å²) in [6.45, 7) is 3.58. The number of carboxylic acids is 1. The first-order chi connectivity index (χ1) is 10.1. The molecule has 1 aromatic carbocycles. The molecule has 0 saturated heterocycles. The van der Waals surface area contributed by atoms with Crippen LogP contribution in [0, 0.1) is 0 Å². The number of rotatable bonds is 5. The molecule has 2 aromatic rings. The molecule has 0 aliphatic carbocycles. The molecule has 1 amide bonds. The molecule has 0 spiro atoms. The minimum atomic E-state index is -1.09. The van der Waals surface area contributed by atoms with E-state index in [0.29, 0.717) is 11.4 Å². The molecular formula is C14H13N3O4. The monoisotopic (exact) mass is 287 g/mol. The van der Waals surface area contributed by atoms with Crippen LogP contribution in [0.4, 0.5) is 10.5 Å². The average Bonchev–Trinajstić information content (AvgIpc) is 2.96. The van der Waals surface area contributed by atoms with E-state index in [1.807, 2.05) is 0 Å². The highest BCUT2D eigenvalue weighted by Gasteiger charge is 2.08. The maximum atomic E-state index is 11.3. The van der Waals surface area contributed by atoms with Crippen LogP contribution in [0.1, 0.15) is 10.5 Å². The fourth-order valence-electron chi connectivity index (χ4n) is 1.57. The van der Waals surface area contributed by atoms with Crippen molar-refractivity contribution in [3.63, 3.8) is 0 Å². The zero-order valence-electron chi connectivity index (χ0n) is 11.0. The number of benzene rings is 1. The molecule has 1 heterocycles. The molecule has 0 fully saturated rings. The number of carboxylic acid groups (broad SMARTS) is 1. The Labute approximate surface area is 120 Å². The van der Waals surface area contributed by atoms with Crippen molar-refractivity contribution in [3.05, 3.63) is 54.9 Å². The summed E-state index contributed by atoms with van der Waals surface area (Å²) in [5.41, 5.74) is 1.19. The first kappa shape index (κ1) is 14.3. The average molecular weight is 287 g/mol. The number of carbonyl (C=O) groups excluding carboxylic acids is 1. The van der Waals surface area contributed by atoms with Crippen molar-refractivity contribution in [1.29, 1.82) is 0 Å². The second kappa shape index (κ2) is 6.38. The second-order valence-electron chi connectivity index (χ2n) is 4.01. The van der Waals surface area contributed by atoms with Gasteiger partial charge in [-0.05, 0) is 30.3 Å². The van der Waals surface area contributed by atoms with Gasteiger partial charge in [-0.1, -0.05) is 12.7 Å². The van der Waals surface area contributed by atoms with Crippen LogP contribution in [0.5, 0.6) is 0 Å². The molecule has 0 radical (unpaired) electrons. The van der Waals surface area contributed by atoms with Gasteiger partial charge in [0, 0.05) is 11.9 Å². The first-order valence-corrected chi connectivity index (χ1v) is 6.04. The number of nitrogens with zero attached hydrogens (tertiary/aromatic N) is 2. The quantitative estimate of drug-likeness (QED) is 0.823. The summed E-state index contributed by atoms with van der Waals surface area (Å²) >= 11 is 0. The van der Waals surface area contributed by atoms with Gasteiger partial charge in [0.2, 0.25) is 0 Å². The molecule has 21 heavy (non-hydrogen) atoms. The Bertz CT molecular complexity index is 661. The van der Waals surface area contributed by atoms with Crippen LogP contribution in [0.15, 0.2) is 49.2 Å². The minimum absolute atomic E-state index is 0.0368. The number of aromatic nitrogens is 2. The molecule has 7 nitrogen and oxygen atoms in total. The summed E-state index contributed by atoms with van der Waals surface area (Å²) in [7, 11) is 0. The van der Waals surface area contributed by atoms with Gasteiger partial charge in [0.1, 0.15) is 6.61 Å². The van der Waals surface area contributed by atoms with Crippen molar-refractivity contribution in [3.8, 4) is 5.69 Å². The van der Waals surface area contributed by atoms with E-state index in [0.717, 1.165) is 0 Å². The molecular weight excluding hydrogens is 274 g/mol. The van der Waals surface area contributed by atoms with Gasteiger partial charge in [-0.25, -0.2) is 14.3 Å². The molecule has 108 valence electrons. The van der Waals surface area contributed by atoms with Crippen molar-refractivity contribution in [2.24, 2.45) is 0 Å². The SMILES string of the molecule is C=CCOC(=O)Nc1ccc(-n2ccc(C(=O)O)n2)cc1. The lowest BCUT2D eigenvalue weighted by Crippen LogP contribution is -2.13. The number of carbonyl (C=O) groups is 2. The summed E-state index contributed by atoms with van der Waals surface area (Å²) in [6, 6.07) is 8.11. The molecule has 0 saturated carbocycles. The van der Waals surface area contributed by atoms with Crippen LogP contribution in [0.25, 0.3) is 5.69 Å². The highest BCUT2D eigenvalue weighted by molar-refractivity contribution is 5.85. The molecule has 7 heteroatoms. The smallest absolute Gasteiger partial charge is 0.411 e. The lowest BCUT2D eigenvalue weighted by Gasteiger charge is -2.06. The largest absolute Gasteiger partial charge is 0.476 e. The Morgan fingerprint density at radius 3 is 2.62 bits per heavy atom. The summed E-state index contributed by atoms with van der Waals surface area (Å²) in [4.78, 5) is 22.1. The Balaban J connectivity index is 2.05. The summed E-state index contributed by atoms with van der Waals surface area (Å²) < 4.78 is 6.22. The predicted molar refractivity (Wildman–Crippen MR) is 75.7 cm³/mol. The number of anilines is 1. The zero-order chi connectivity index (χ0) is 15.2. The topological polar surface area (TPSA) is 93.5 Å². The van der Waals surface area contributed by atoms with Gasteiger partial charge in [0.25, 0.3) is 0 Å². The van der Waals surface area contributed by atoms with Gasteiger partial charge >= 0.3 is 12.1 Å². The third-order valence-corrected chi connectivity index (χ3v) is 2.52. The van der Waals surface area contributed by atoms with Gasteiger partial charge < -0.3 is 9.84 Å². The van der Waals surface area contributed by atoms with E-state index >= 15 is 0 Å². The molecule has 2 rings (SSSR count). The van der Waals surface area contributed by atoms with E-state index in [2.05, 4.69) is 17.0 Å². The van der Waals surface area contributed by atoms with E-state index in [9.17, 15) is 9.59 Å². The normalized spacial score (nSPS) is 9.90. The maximum absolute atomic E-state index is 11.3. The number of nitrogens with one attached hydrogen (secondary N) is 1. The molecule has 0 aliphatic heterocycles. The molecule has 0 aliphatic rings. The van der Waals surface area contributed by atoms with Crippen molar-refractivity contribution < 1.29 is 19.4 Å². The van der Waals surface area contributed by atoms with Gasteiger partial charge in [-0.2, -0.15) is 5.10 Å². The molecule has 1 aromatic heterocycles. The van der Waals surface area contributed by atoms with E-state index in [4.69, 9.17) is 9.84 Å². The number of ether oxygens (including phenoxy) is 1. The third kappa shape index (κ3) is 3.69. The Hall–Kier alpha value is -3.09. The summed E-state index contributed by atoms with van der Waals surface area (Å²) in [5.74, 6) is -1.09. The molecule has 0 atom stereocenters. The number of hydrogen-bond donors (Lipinski definition) is 2. The highest BCUT2D eigenvalue weighted by Crippen LogP contribution is 2.13. The van der Waals surface area contributed by atoms with Crippen molar-refractivity contribution in [2.45, 2.75) is 0 Å². The molecule has 0 unspecified atom stereocenters. The lowest BCUT2D eigenvalue weighted by atomic mass is 10.3. The second-order valence-corrected chi connectivity index (χ2v) is 4.01. The fourth-order valence-corrected chi connectivity index (χ4v) is 1.57. The predicted octanol–water partition coefficient (Wildman–Crippen LogP) is 2.30. The van der Waals surface area contributed by atoms with Gasteiger partial charge in [-0.3, -0.25) is 5.32 Å². The Morgan fingerprint density at radius 2 is 2.05 bits per heavy atom. The van der Waals surface area contributed by atoms with Gasteiger partial charge in [-0.15, -0.1) is 0 Å². The van der Waals surface area contributed by atoms with E-state index in [1.165, 1.54) is 16.8 Å². The van der Waals surface area contributed by atoms with Gasteiger partial charge in [0.05, 0.1) is 5.69 Å². The highest BCUT2D eigenvalue weighted by atomic mass is 16.5.